The van der Waals surface area contributed by atoms with E-state index in [1.807, 2.05) is 36.4 Å². The average molecular weight is 583 g/mol. The van der Waals surface area contributed by atoms with E-state index in [9.17, 15) is 14.7 Å². The highest BCUT2D eigenvalue weighted by Crippen LogP contribution is 2.26. The number of hydrogen-bond donors (Lipinski definition) is 4. The second-order valence-corrected chi connectivity index (χ2v) is 10.8. The van der Waals surface area contributed by atoms with Gasteiger partial charge < -0.3 is 26.4 Å². The van der Waals surface area contributed by atoms with Gasteiger partial charge in [-0.05, 0) is 81.0 Å². The van der Waals surface area contributed by atoms with Crippen LogP contribution in [0.4, 0.5) is 11.6 Å². The first kappa shape index (κ1) is 29.8. The van der Waals surface area contributed by atoms with Crippen molar-refractivity contribution in [2.75, 3.05) is 36.8 Å². The molecule has 0 bridgehead atoms. The second-order valence-electron chi connectivity index (χ2n) is 10.8. The Kier molecular flexibility index (Phi) is 10.1. The summed E-state index contributed by atoms with van der Waals surface area (Å²) in [5.74, 6) is 0.563. The molecule has 1 aromatic carbocycles. The van der Waals surface area contributed by atoms with Gasteiger partial charge in [0, 0.05) is 55.1 Å². The Morgan fingerprint density at radius 1 is 1.02 bits per heavy atom. The Morgan fingerprint density at radius 3 is 2.72 bits per heavy atom. The average Bonchev–Trinajstić information content (AvgIpc) is 3.03. The van der Waals surface area contributed by atoms with Crippen LogP contribution in [0.2, 0.25) is 0 Å². The van der Waals surface area contributed by atoms with Crippen LogP contribution in [0, 0.1) is 0 Å². The molecular formula is C32H38N8O3. The van der Waals surface area contributed by atoms with Crippen molar-refractivity contribution >= 4 is 34.4 Å². The van der Waals surface area contributed by atoms with Crippen molar-refractivity contribution in [1.82, 2.24) is 24.8 Å². The third-order valence-electron chi connectivity index (χ3n) is 7.65. The molecule has 1 aliphatic heterocycles. The Hall–Kier alpha value is -4.64. The van der Waals surface area contributed by atoms with Crippen molar-refractivity contribution in [3.05, 3.63) is 72.2 Å². The minimum Gasteiger partial charge on any atom is -0.480 e. The number of benzene rings is 1. The number of fused-ring (bicyclic) bond motifs is 2. The fourth-order valence-corrected chi connectivity index (χ4v) is 5.30. The molecule has 0 saturated heterocycles. The molecule has 0 saturated carbocycles. The zero-order valence-corrected chi connectivity index (χ0v) is 24.2. The van der Waals surface area contributed by atoms with Gasteiger partial charge in [0.2, 0.25) is 5.91 Å². The molecule has 0 radical (unpaired) electrons. The molecule has 5 N–H and O–H groups in total. The molecule has 1 atom stereocenters. The van der Waals surface area contributed by atoms with Crippen LogP contribution in [0.5, 0.6) is 0 Å². The number of nitrogens with two attached hydrogens (primary N) is 1. The number of aliphatic carboxylic acids is 1. The normalized spacial score (nSPS) is 13.3. The van der Waals surface area contributed by atoms with E-state index in [0.29, 0.717) is 36.7 Å². The molecule has 5 rings (SSSR count). The van der Waals surface area contributed by atoms with Crippen molar-refractivity contribution in [2.45, 2.75) is 51.0 Å². The Bertz CT molecular complexity index is 1550. The molecule has 0 spiro atoms. The van der Waals surface area contributed by atoms with Gasteiger partial charge in [-0.1, -0.05) is 18.2 Å². The lowest BCUT2D eigenvalue weighted by Crippen LogP contribution is -2.37. The van der Waals surface area contributed by atoms with Gasteiger partial charge in [-0.3, -0.25) is 9.78 Å². The number of carbonyl (C=O) groups is 2. The molecular weight excluding hydrogens is 544 g/mol. The van der Waals surface area contributed by atoms with Crippen LogP contribution in [-0.2, 0) is 22.4 Å². The minimum absolute atomic E-state index is 0.217. The lowest BCUT2D eigenvalue weighted by molar-refractivity contribution is -0.138. The van der Waals surface area contributed by atoms with Gasteiger partial charge in [0.1, 0.15) is 17.7 Å². The Labute approximate surface area is 251 Å². The summed E-state index contributed by atoms with van der Waals surface area (Å²) >= 11 is 0. The molecule has 1 amide bonds. The van der Waals surface area contributed by atoms with Gasteiger partial charge >= 0.3 is 5.97 Å². The molecule has 0 unspecified atom stereocenters. The number of carboxylic acid groups (broad SMARTS) is 1. The largest absolute Gasteiger partial charge is 0.480 e. The molecule has 4 heterocycles. The van der Waals surface area contributed by atoms with Crippen molar-refractivity contribution in [2.24, 2.45) is 5.73 Å². The smallest absolute Gasteiger partial charge is 0.326 e. The molecule has 0 fully saturated rings. The maximum Gasteiger partial charge on any atom is 0.326 e. The van der Waals surface area contributed by atoms with E-state index in [1.165, 1.54) is 5.56 Å². The second kappa shape index (κ2) is 14.5. The summed E-state index contributed by atoms with van der Waals surface area (Å²) in [5, 5.41) is 17.4. The summed E-state index contributed by atoms with van der Waals surface area (Å²) in [4.78, 5) is 44.3. The van der Waals surface area contributed by atoms with Crippen LogP contribution in [0.15, 0.2) is 60.9 Å². The van der Waals surface area contributed by atoms with E-state index in [-0.39, 0.29) is 12.3 Å². The standard InChI is InChI=1S/C32H38N8O3/c33-28(41)15-20-40(18-4-3-9-24-13-12-22-7-6-17-35-29(22)36-24)19-14-27(32(42)43)38-31-25-10-1-2-11-26(25)37-30(39-31)23-8-5-16-34-21-23/h1-2,5,8,10-13,16,21,27H,3-4,6-7,9,14-15,17-20H2,(H2,33,41)(H,35,36)(H,42,43)(H,37,38,39)/t27-/m0/s1. The van der Waals surface area contributed by atoms with Crippen LogP contribution in [0.3, 0.4) is 0 Å². The number of pyridine rings is 2. The van der Waals surface area contributed by atoms with E-state index >= 15 is 0 Å². The maximum absolute atomic E-state index is 12.4. The van der Waals surface area contributed by atoms with Gasteiger partial charge in [0.05, 0.1) is 5.52 Å². The molecule has 0 aliphatic carbocycles. The van der Waals surface area contributed by atoms with Gasteiger partial charge in [-0.2, -0.15) is 0 Å². The van der Waals surface area contributed by atoms with Gasteiger partial charge in [-0.25, -0.2) is 19.7 Å². The van der Waals surface area contributed by atoms with Gasteiger partial charge in [0.25, 0.3) is 0 Å². The van der Waals surface area contributed by atoms with E-state index in [4.69, 9.17) is 10.7 Å². The van der Waals surface area contributed by atoms with Crippen LogP contribution in [-0.4, -0.2) is 74.0 Å². The molecule has 224 valence electrons. The number of carboxylic acids is 1. The predicted molar refractivity (Wildman–Crippen MR) is 167 cm³/mol. The first-order chi connectivity index (χ1) is 21.0. The van der Waals surface area contributed by atoms with E-state index in [1.54, 1.807) is 12.4 Å². The topological polar surface area (TPSA) is 159 Å². The van der Waals surface area contributed by atoms with Gasteiger partial charge in [-0.15, -0.1) is 0 Å². The summed E-state index contributed by atoms with van der Waals surface area (Å²) in [6.07, 6.45) is 8.77. The number of nitrogens with zero attached hydrogens (tertiary/aromatic N) is 5. The number of primary amides is 1. The fourth-order valence-electron chi connectivity index (χ4n) is 5.30. The zero-order chi connectivity index (χ0) is 30.0. The highest BCUT2D eigenvalue weighted by molar-refractivity contribution is 5.92. The Balaban J connectivity index is 1.23. The fraction of sp³-hybridized carbons (Fsp3) is 0.375. The zero-order valence-electron chi connectivity index (χ0n) is 24.2. The van der Waals surface area contributed by atoms with Crippen molar-refractivity contribution in [1.29, 1.82) is 0 Å². The predicted octanol–water partition coefficient (Wildman–Crippen LogP) is 3.90. The number of nitrogens with one attached hydrogen (secondary N) is 2. The highest BCUT2D eigenvalue weighted by Gasteiger charge is 2.21. The lowest BCUT2D eigenvalue weighted by atomic mass is 10.1. The number of aromatic nitrogens is 4. The molecule has 11 heteroatoms. The first-order valence-corrected chi connectivity index (χ1v) is 14.9. The highest BCUT2D eigenvalue weighted by atomic mass is 16.4. The molecule has 1 aliphatic rings. The van der Waals surface area contributed by atoms with Gasteiger partial charge in [0.15, 0.2) is 5.82 Å². The first-order valence-electron chi connectivity index (χ1n) is 14.9. The number of para-hydroxylation sites is 1. The van der Waals surface area contributed by atoms with Crippen LogP contribution < -0.4 is 16.4 Å². The van der Waals surface area contributed by atoms with E-state index in [2.05, 4.69) is 42.6 Å². The Morgan fingerprint density at radius 2 is 1.91 bits per heavy atom. The summed E-state index contributed by atoms with van der Waals surface area (Å²) in [6, 6.07) is 14.6. The third-order valence-corrected chi connectivity index (χ3v) is 7.65. The monoisotopic (exact) mass is 582 g/mol. The van der Waals surface area contributed by atoms with E-state index in [0.717, 1.165) is 67.7 Å². The molecule has 4 aromatic rings. The number of hydrogen-bond acceptors (Lipinski definition) is 9. The summed E-state index contributed by atoms with van der Waals surface area (Å²) in [7, 11) is 0. The number of rotatable bonds is 15. The van der Waals surface area contributed by atoms with Crippen LogP contribution in [0.1, 0.15) is 43.4 Å². The number of aryl methyl sites for hydroxylation is 2. The molecule has 11 nitrogen and oxygen atoms in total. The number of anilines is 2. The molecule has 43 heavy (non-hydrogen) atoms. The minimum atomic E-state index is -0.979. The van der Waals surface area contributed by atoms with Crippen molar-refractivity contribution in [3.63, 3.8) is 0 Å². The number of carbonyl (C=O) groups excluding carboxylic acids is 1. The number of amides is 1. The summed E-state index contributed by atoms with van der Waals surface area (Å²) in [5.41, 5.74) is 9.23. The van der Waals surface area contributed by atoms with Crippen molar-refractivity contribution in [3.8, 4) is 11.4 Å². The maximum atomic E-state index is 12.4. The summed E-state index contributed by atoms with van der Waals surface area (Å²) < 4.78 is 0. The molecule has 3 aromatic heterocycles. The third kappa shape index (κ3) is 8.23. The van der Waals surface area contributed by atoms with Crippen LogP contribution >= 0.6 is 0 Å². The van der Waals surface area contributed by atoms with E-state index < -0.39 is 12.0 Å². The lowest BCUT2D eigenvalue weighted by Gasteiger charge is -2.24. The SMILES string of the molecule is NC(=O)CCN(CCCCc1ccc2c(n1)NCCC2)CC[C@H](Nc1nc(-c2cccnc2)nc2ccccc12)C(=O)O. The number of unbranched alkanes of at least 4 members (excludes halogenated alkanes) is 1. The van der Waals surface area contributed by atoms with Crippen molar-refractivity contribution < 1.29 is 14.7 Å². The summed E-state index contributed by atoms with van der Waals surface area (Å²) in [6.45, 7) is 2.65. The van der Waals surface area contributed by atoms with Crippen LogP contribution in [0.25, 0.3) is 22.3 Å². The quantitative estimate of drug-likeness (QED) is 0.151.